The molecule has 0 saturated heterocycles. The van der Waals surface area contributed by atoms with E-state index in [4.69, 9.17) is 4.74 Å². The number of hydrogen-bond donors (Lipinski definition) is 0. The number of carbonyl (C=O) groups excluding carboxylic acids is 1. The largest absolute Gasteiger partial charge is 0.497 e. The lowest BCUT2D eigenvalue weighted by Crippen LogP contribution is -1.94. The molecule has 0 aliphatic carbocycles. The third kappa shape index (κ3) is 4.90. The molecule has 0 rings (SSSR count). The van der Waals surface area contributed by atoms with Gasteiger partial charge >= 0.3 is 5.97 Å². The lowest BCUT2D eigenvalue weighted by molar-refractivity contribution is -0.134. The van der Waals surface area contributed by atoms with Crippen LogP contribution in [0.1, 0.15) is 0 Å². The molecule has 0 aliphatic rings. The highest BCUT2D eigenvalue weighted by Crippen LogP contribution is 1.80. The quantitative estimate of drug-likeness (QED) is 0.192. The van der Waals surface area contributed by atoms with Crippen LogP contribution < -0.4 is 0 Å². The fourth-order valence-electron chi connectivity index (χ4n) is 0.295. The maximum absolute atomic E-state index is 10.4. The molecule has 3 nitrogen and oxygen atoms in total. The molecule has 56 valence electrons. The van der Waals surface area contributed by atoms with Crippen molar-refractivity contribution in [2.75, 3.05) is 13.7 Å². The Hall–Kier alpha value is -1.25. The van der Waals surface area contributed by atoms with Crippen LogP contribution in [0.25, 0.3) is 0 Å². The zero-order valence-corrected chi connectivity index (χ0v) is 5.87. The molecule has 0 aromatic heterocycles. The molecule has 0 aliphatic heterocycles. The van der Waals surface area contributed by atoms with Gasteiger partial charge in [-0.3, -0.25) is 0 Å². The van der Waals surface area contributed by atoms with Gasteiger partial charge in [-0.15, -0.1) is 0 Å². The molecule has 0 atom stereocenters. The summed E-state index contributed by atoms with van der Waals surface area (Å²) < 4.78 is 9.05. The molecule has 10 heavy (non-hydrogen) atoms. The maximum Gasteiger partial charge on any atom is 0.333 e. The summed E-state index contributed by atoms with van der Waals surface area (Å²) in [4.78, 5) is 10.4. The molecular weight excluding hydrogens is 132 g/mol. The van der Waals surface area contributed by atoms with Gasteiger partial charge in [-0.2, -0.15) is 0 Å². The van der Waals surface area contributed by atoms with Crippen LogP contribution in [0.5, 0.6) is 0 Å². The minimum absolute atomic E-state index is 0.396. The summed E-state index contributed by atoms with van der Waals surface area (Å²) in [6.45, 7) is 3.82. The lowest BCUT2D eigenvalue weighted by Gasteiger charge is -1.92. The van der Waals surface area contributed by atoms with Crippen LogP contribution in [0, 0.1) is 0 Å². The summed E-state index contributed by atoms with van der Waals surface area (Å²) in [6, 6.07) is 0. The Morgan fingerprint density at radius 3 is 2.90 bits per heavy atom. The fraction of sp³-hybridized carbons (Fsp3) is 0.286. The molecule has 0 heterocycles. The Kier molecular flexibility index (Phi) is 5.14. The van der Waals surface area contributed by atoms with Gasteiger partial charge in [0.05, 0.1) is 19.4 Å². The van der Waals surface area contributed by atoms with E-state index < -0.39 is 5.97 Å². The molecule has 0 saturated carbocycles. The first-order chi connectivity index (χ1) is 4.81. The molecule has 0 bridgehead atoms. The summed E-state index contributed by atoms with van der Waals surface area (Å²) in [6.07, 6.45) is 4.05. The van der Waals surface area contributed by atoms with Crippen molar-refractivity contribution in [1.29, 1.82) is 0 Å². The molecule has 0 amide bonds. The SMILES string of the molecule is C=CCO/C=C/C(=O)OC. The standard InChI is InChI=1S/C7H10O3/c1-3-5-10-6-4-7(8)9-2/h3-4,6H,1,5H2,2H3/b6-4+. The van der Waals surface area contributed by atoms with Crippen molar-refractivity contribution < 1.29 is 14.3 Å². The molecule has 3 heteroatoms. The normalized spacial score (nSPS) is 9.30. The van der Waals surface area contributed by atoms with Crippen LogP contribution in [0.3, 0.4) is 0 Å². The minimum atomic E-state index is -0.427. The molecule has 0 radical (unpaired) electrons. The maximum atomic E-state index is 10.4. The van der Waals surface area contributed by atoms with Crippen LogP contribution in [0.4, 0.5) is 0 Å². The van der Waals surface area contributed by atoms with Gasteiger partial charge in [-0.05, 0) is 0 Å². The topological polar surface area (TPSA) is 35.5 Å². The van der Waals surface area contributed by atoms with E-state index in [2.05, 4.69) is 11.3 Å². The van der Waals surface area contributed by atoms with Crippen molar-refractivity contribution in [2.24, 2.45) is 0 Å². The van der Waals surface area contributed by atoms with E-state index in [9.17, 15) is 4.79 Å². The van der Waals surface area contributed by atoms with Crippen molar-refractivity contribution in [2.45, 2.75) is 0 Å². The summed E-state index contributed by atoms with van der Waals surface area (Å²) in [5.41, 5.74) is 0. The Bertz CT molecular complexity index is 138. The van der Waals surface area contributed by atoms with E-state index in [0.29, 0.717) is 6.61 Å². The second kappa shape index (κ2) is 5.88. The number of esters is 1. The first-order valence-corrected chi connectivity index (χ1v) is 2.78. The van der Waals surface area contributed by atoms with E-state index in [1.54, 1.807) is 6.08 Å². The number of hydrogen-bond acceptors (Lipinski definition) is 3. The van der Waals surface area contributed by atoms with E-state index >= 15 is 0 Å². The third-order valence-corrected chi connectivity index (χ3v) is 0.716. The van der Waals surface area contributed by atoms with E-state index in [1.165, 1.54) is 19.4 Å². The average molecular weight is 142 g/mol. The van der Waals surface area contributed by atoms with Crippen LogP contribution in [-0.2, 0) is 14.3 Å². The van der Waals surface area contributed by atoms with E-state index in [0.717, 1.165) is 0 Å². The van der Waals surface area contributed by atoms with Gasteiger partial charge < -0.3 is 9.47 Å². The monoisotopic (exact) mass is 142 g/mol. The highest BCUT2D eigenvalue weighted by atomic mass is 16.5. The number of rotatable bonds is 4. The smallest absolute Gasteiger partial charge is 0.333 e. The first-order valence-electron chi connectivity index (χ1n) is 2.78. The van der Waals surface area contributed by atoms with Gasteiger partial charge in [0, 0.05) is 0 Å². The molecule has 0 fully saturated rings. The Labute approximate surface area is 59.9 Å². The second-order valence-electron chi connectivity index (χ2n) is 1.45. The molecule has 0 aromatic rings. The highest BCUT2D eigenvalue weighted by molar-refractivity contribution is 5.81. The van der Waals surface area contributed by atoms with Crippen molar-refractivity contribution in [3.8, 4) is 0 Å². The van der Waals surface area contributed by atoms with Crippen molar-refractivity contribution in [1.82, 2.24) is 0 Å². The zero-order chi connectivity index (χ0) is 7.82. The van der Waals surface area contributed by atoms with Gasteiger partial charge in [-0.1, -0.05) is 12.7 Å². The summed E-state index contributed by atoms with van der Waals surface area (Å²) >= 11 is 0. The van der Waals surface area contributed by atoms with Crippen LogP contribution >= 0.6 is 0 Å². The average Bonchev–Trinajstić information content (AvgIpc) is 1.98. The van der Waals surface area contributed by atoms with Crippen LogP contribution in [0.2, 0.25) is 0 Å². The molecule has 0 spiro atoms. The van der Waals surface area contributed by atoms with Crippen molar-refractivity contribution >= 4 is 5.97 Å². The molecule has 0 aromatic carbocycles. The van der Waals surface area contributed by atoms with Gasteiger partial charge in [0.15, 0.2) is 0 Å². The van der Waals surface area contributed by atoms with Crippen molar-refractivity contribution in [3.05, 3.63) is 25.0 Å². The molecular formula is C7H10O3. The number of ether oxygens (including phenoxy) is 2. The van der Waals surface area contributed by atoms with Crippen LogP contribution in [0.15, 0.2) is 25.0 Å². The van der Waals surface area contributed by atoms with E-state index in [-0.39, 0.29) is 0 Å². The highest BCUT2D eigenvalue weighted by Gasteiger charge is 1.87. The summed E-state index contributed by atoms with van der Waals surface area (Å²) in [5, 5.41) is 0. The predicted molar refractivity (Wildman–Crippen MR) is 37.3 cm³/mol. The van der Waals surface area contributed by atoms with Gasteiger partial charge in [0.25, 0.3) is 0 Å². The molecule has 0 unspecified atom stereocenters. The predicted octanol–water partition coefficient (Wildman–Crippen LogP) is 0.876. The fourth-order valence-corrected chi connectivity index (χ4v) is 0.295. The van der Waals surface area contributed by atoms with E-state index in [1.807, 2.05) is 0 Å². The summed E-state index contributed by atoms with van der Waals surface area (Å²) in [5.74, 6) is -0.427. The Morgan fingerprint density at radius 2 is 2.40 bits per heavy atom. The van der Waals surface area contributed by atoms with Gasteiger partial charge in [-0.25, -0.2) is 4.79 Å². The minimum Gasteiger partial charge on any atom is -0.497 e. The van der Waals surface area contributed by atoms with Crippen LogP contribution in [-0.4, -0.2) is 19.7 Å². The Balaban J connectivity index is 3.35. The first kappa shape index (κ1) is 8.75. The molecule has 0 N–H and O–H groups in total. The lowest BCUT2D eigenvalue weighted by atomic mass is 10.6. The van der Waals surface area contributed by atoms with Crippen molar-refractivity contribution in [3.63, 3.8) is 0 Å². The second-order valence-corrected chi connectivity index (χ2v) is 1.45. The number of methoxy groups -OCH3 is 1. The third-order valence-electron chi connectivity index (χ3n) is 0.716. The van der Waals surface area contributed by atoms with Gasteiger partial charge in [0.1, 0.15) is 6.61 Å². The Morgan fingerprint density at radius 1 is 1.70 bits per heavy atom. The van der Waals surface area contributed by atoms with Gasteiger partial charge in [0.2, 0.25) is 0 Å². The zero-order valence-electron chi connectivity index (χ0n) is 5.87. The summed E-state index contributed by atoms with van der Waals surface area (Å²) in [7, 11) is 1.31. The number of carbonyl (C=O) groups is 1.